The third kappa shape index (κ3) is 7.42. The second kappa shape index (κ2) is 11.5. The molecule has 1 aliphatic rings. The second-order valence-electron chi connectivity index (χ2n) is 7.14. The van der Waals surface area contributed by atoms with Gasteiger partial charge in [-0.25, -0.2) is 5.43 Å². The van der Waals surface area contributed by atoms with Crippen LogP contribution < -0.4 is 25.5 Å². The average Bonchev–Trinajstić information content (AvgIpc) is 3.62. The van der Waals surface area contributed by atoms with Crippen LogP contribution in [-0.4, -0.2) is 43.2 Å². The van der Waals surface area contributed by atoms with Gasteiger partial charge in [0.25, 0.3) is 5.91 Å². The Morgan fingerprint density at radius 1 is 1.03 bits per heavy atom. The van der Waals surface area contributed by atoms with E-state index in [1.165, 1.54) is 6.21 Å². The van der Waals surface area contributed by atoms with Crippen LogP contribution in [0.4, 0.5) is 0 Å². The molecule has 0 spiro atoms. The van der Waals surface area contributed by atoms with Gasteiger partial charge < -0.3 is 20.1 Å². The number of benzene rings is 2. The minimum atomic E-state index is -0.820. The Hall–Kier alpha value is -3.88. The van der Waals surface area contributed by atoms with Gasteiger partial charge in [-0.05, 0) is 49.1 Å². The maximum atomic E-state index is 12.1. The summed E-state index contributed by atoms with van der Waals surface area (Å²) in [5.74, 6) is -0.931. The smallest absolute Gasteiger partial charge is 0.329 e. The minimum Gasteiger partial charge on any atom is -0.490 e. The molecule has 1 saturated carbocycles. The molecule has 0 saturated heterocycles. The molecule has 9 heteroatoms. The normalized spacial score (nSPS) is 12.8. The highest BCUT2D eigenvalue weighted by atomic mass is 16.5. The Kier molecular flexibility index (Phi) is 8.19. The number of hydrogen-bond donors (Lipinski definition) is 3. The Labute approximate surface area is 186 Å². The van der Waals surface area contributed by atoms with E-state index in [0.717, 1.165) is 18.4 Å². The molecule has 2 aromatic rings. The van der Waals surface area contributed by atoms with Gasteiger partial charge >= 0.3 is 11.8 Å². The molecule has 32 heavy (non-hydrogen) atoms. The molecule has 3 rings (SSSR count). The number of nitrogens with one attached hydrogen (secondary N) is 3. The first-order chi connectivity index (χ1) is 15.5. The zero-order chi connectivity index (χ0) is 22.8. The molecule has 0 radical (unpaired) electrons. The van der Waals surface area contributed by atoms with Crippen molar-refractivity contribution in [3.8, 4) is 11.5 Å². The molecule has 0 bridgehead atoms. The molecule has 3 N–H and O–H groups in total. The summed E-state index contributed by atoms with van der Waals surface area (Å²) < 4.78 is 11.2. The minimum absolute atomic E-state index is 0.0962. The SMILES string of the molecule is CCOc1cc(/C=N/NC(=O)C(=O)NC2CC2)ccc1OCC(=O)NCc1ccccc1. The summed E-state index contributed by atoms with van der Waals surface area (Å²) in [6.45, 7) is 2.48. The van der Waals surface area contributed by atoms with E-state index in [1.54, 1.807) is 18.2 Å². The summed E-state index contributed by atoms with van der Waals surface area (Å²) in [4.78, 5) is 35.4. The zero-order valence-corrected chi connectivity index (χ0v) is 17.8. The van der Waals surface area contributed by atoms with Gasteiger partial charge in [0.05, 0.1) is 12.8 Å². The average molecular weight is 438 g/mol. The van der Waals surface area contributed by atoms with E-state index < -0.39 is 11.8 Å². The van der Waals surface area contributed by atoms with E-state index in [4.69, 9.17) is 9.47 Å². The summed E-state index contributed by atoms with van der Waals surface area (Å²) in [6, 6.07) is 14.7. The van der Waals surface area contributed by atoms with E-state index in [2.05, 4.69) is 21.2 Å². The van der Waals surface area contributed by atoms with Crippen LogP contribution in [0, 0.1) is 0 Å². The van der Waals surface area contributed by atoms with E-state index in [1.807, 2.05) is 37.3 Å². The Morgan fingerprint density at radius 3 is 2.53 bits per heavy atom. The monoisotopic (exact) mass is 438 g/mol. The number of carbonyl (C=O) groups excluding carboxylic acids is 3. The largest absolute Gasteiger partial charge is 0.490 e. The van der Waals surface area contributed by atoms with Crippen LogP contribution in [0.2, 0.25) is 0 Å². The van der Waals surface area contributed by atoms with Crippen molar-refractivity contribution < 1.29 is 23.9 Å². The van der Waals surface area contributed by atoms with Gasteiger partial charge in [-0.2, -0.15) is 5.10 Å². The molecule has 9 nitrogen and oxygen atoms in total. The molecule has 3 amide bonds. The number of nitrogens with zero attached hydrogens (tertiary/aromatic N) is 1. The number of carbonyl (C=O) groups is 3. The van der Waals surface area contributed by atoms with Gasteiger partial charge in [0.15, 0.2) is 18.1 Å². The van der Waals surface area contributed by atoms with E-state index >= 15 is 0 Å². The number of rotatable bonds is 10. The van der Waals surface area contributed by atoms with Gasteiger partial charge in [0.2, 0.25) is 0 Å². The van der Waals surface area contributed by atoms with Crippen LogP contribution in [0.15, 0.2) is 53.6 Å². The Bertz CT molecular complexity index is 974. The first-order valence-electron chi connectivity index (χ1n) is 10.4. The highest BCUT2D eigenvalue weighted by Gasteiger charge is 2.26. The predicted molar refractivity (Wildman–Crippen MR) is 118 cm³/mol. The van der Waals surface area contributed by atoms with Crippen molar-refractivity contribution in [2.24, 2.45) is 5.10 Å². The maximum absolute atomic E-state index is 12.1. The van der Waals surface area contributed by atoms with Crippen molar-refractivity contribution in [1.82, 2.24) is 16.1 Å². The van der Waals surface area contributed by atoms with Crippen LogP contribution in [0.5, 0.6) is 11.5 Å². The maximum Gasteiger partial charge on any atom is 0.329 e. The molecule has 0 aromatic heterocycles. The fourth-order valence-electron chi connectivity index (χ4n) is 2.68. The molecule has 0 unspecified atom stereocenters. The lowest BCUT2D eigenvalue weighted by atomic mass is 10.2. The Morgan fingerprint density at radius 2 is 1.81 bits per heavy atom. The highest BCUT2D eigenvalue weighted by molar-refractivity contribution is 6.35. The standard InChI is InChI=1S/C23H26N4O5/c1-2-31-20-12-17(14-25-27-23(30)22(29)26-18-9-10-18)8-11-19(20)32-15-21(28)24-13-16-6-4-3-5-7-16/h3-8,11-12,14,18H,2,9-10,13,15H2,1H3,(H,24,28)(H,26,29)(H,27,30)/b25-14+. The summed E-state index contributed by atoms with van der Waals surface area (Å²) in [5.41, 5.74) is 3.81. The highest BCUT2D eigenvalue weighted by Crippen LogP contribution is 2.28. The summed E-state index contributed by atoms with van der Waals surface area (Å²) in [5, 5.41) is 9.18. The summed E-state index contributed by atoms with van der Waals surface area (Å²) in [6.07, 6.45) is 3.18. The van der Waals surface area contributed by atoms with Gasteiger partial charge in [-0.1, -0.05) is 30.3 Å². The predicted octanol–water partition coefficient (Wildman–Crippen LogP) is 1.51. The third-order valence-electron chi connectivity index (χ3n) is 4.46. The number of ether oxygens (including phenoxy) is 2. The van der Waals surface area contributed by atoms with Gasteiger partial charge in [0, 0.05) is 12.6 Å². The lowest BCUT2D eigenvalue weighted by Crippen LogP contribution is -2.38. The number of amides is 3. The second-order valence-corrected chi connectivity index (χ2v) is 7.14. The van der Waals surface area contributed by atoms with Crippen molar-refractivity contribution in [3.63, 3.8) is 0 Å². The van der Waals surface area contributed by atoms with E-state index in [0.29, 0.717) is 30.2 Å². The molecular formula is C23H26N4O5. The van der Waals surface area contributed by atoms with Crippen molar-refractivity contribution in [2.45, 2.75) is 32.4 Å². The van der Waals surface area contributed by atoms with Crippen molar-refractivity contribution in [1.29, 1.82) is 0 Å². The first-order valence-corrected chi connectivity index (χ1v) is 10.4. The van der Waals surface area contributed by atoms with Crippen LogP contribution in [0.1, 0.15) is 30.9 Å². The summed E-state index contributed by atoms with van der Waals surface area (Å²) in [7, 11) is 0. The topological polar surface area (TPSA) is 118 Å². The molecule has 168 valence electrons. The molecule has 0 aliphatic heterocycles. The fourth-order valence-corrected chi connectivity index (χ4v) is 2.68. The number of hydrogen-bond acceptors (Lipinski definition) is 6. The fraction of sp³-hybridized carbons (Fsp3) is 0.304. The van der Waals surface area contributed by atoms with Crippen LogP contribution in [0.25, 0.3) is 0 Å². The van der Waals surface area contributed by atoms with Gasteiger partial charge in [-0.15, -0.1) is 0 Å². The van der Waals surface area contributed by atoms with Crippen molar-refractivity contribution >= 4 is 23.9 Å². The number of hydrazone groups is 1. The van der Waals surface area contributed by atoms with Crippen LogP contribution in [-0.2, 0) is 20.9 Å². The van der Waals surface area contributed by atoms with Crippen LogP contribution in [0.3, 0.4) is 0 Å². The van der Waals surface area contributed by atoms with E-state index in [9.17, 15) is 14.4 Å². The molecule has 1 fully saturated rings. The molecule has 1 aliphatic carbocycles. The lowest BCUT2D eigenvalue weighted by Gasteiger charge is -2.12. The van der Waals surface area contributed by atoms with Gasteiger partial charge in [0.1, 0.15) is 0 Å². The Balaban J connectivity index is 1.51. The first kappa shape index (κ1) is 22.8. The third-order valence-corrected chi connectivity index (χ3v) is 4.46. The molecule has 0 atom stereocenters. The van der Waals surface area contributed by atoms with Gasteiger partial charge in [-0.3, -0.25) is 14.4 Å². The quantitative estimate of drug-likeness (QED) is 0.295. The molecule has 2 aromatic carbocycles. The molecular weight excluding hydrogens is 412 g/mol. The van der Waals surface area contributed by atoms with Crippen molar-refractivity contribution in [3.05, 3.63) is 59.7 Å². The van der Waals surface area contributed by atoms with Crippen molar-refractivity contribution in [2.75, 3.05) is 13.2 Å². The van der Waals surface area contributed by atoms with E-state index in [-0.39, 0.29) is 18.6 Å². The zero-order valence-electron chi connectivity index (χ0n) is 17.8. The molecule has 0 heterocycles. The van der Waals surface area contributed by atoms with Crippen LogP contribution >= 0.6 is 0 Å². The summed E-state index contributed by atoms with van der Waals surface area (Å²) >= 11 is 0. The lowest BCUT2D eigenvalue weighted by molar-refractivity contribution is -0.139.